The summed E-state index contributed by atoms with van der Waals surface area (Å²) in [7, 11) is -3.61. The lowest BCUT2D eigenvalue weighted by atomic mass is 10.1. The van der Waals surface area contributed by atoms with Gasteiger partial charge < -0.3 is 0 Å². The van der Waals surface area contributed by atoms with Gasteiger partial charge >= 0.3 is 0 Å². The van der Waals surface area contributed by atoms with E-state index in [1.807, 2.05) is 6.92 Å². The minimum atomic E-state index is -3.61. The van der Waals surface area contributed by atoms with Gasteiger partial charge in [0.2, 0.25) is 10.0 Å². The number of sulfonamides is 1. The van der Waals surface area contributed by atoms with Crippen LogP contribution in [0.15, 0.2) is 29.6 Å². The highest BCUT2D eigenvalue weighted by molar-refractivity contribution is 7.89. The Hall–Kier alpha value is -1.44. The molecule has 0 bridgehead atoms. The molecule has 0 unspecified atom stereocenters. The van der Waals surface area contributed by atoms with E-state index in [9.17, 15) is 8.42 Å². The number of pyridine rings is 1. The van der Waals surface area contributed by atoms with E-state index in [4.69, 9.17) is 11.6 Å². The molecule has 0 aliphatic rings. The number of halogens is 1. The van der Waals surface area contributed by atoms with Gasteiger partial charge in [-0.1, -0.05) is 11.6 Å². The van der Waals surface area contributed by atoms with Crippen LogP contribution in [0.1, 0.15) is 17.7 Å². The van der Waals surface area contributed by atoms with Gasteiger partial charge in [0.1, 0.15) is 4.90 Å². The fraction of sp³-hybridized carbons (Fsp3) is 0.333. The van der Waals surface area contributed by atoms with Gasteiger partial charge in [-0.05, 0) is 31.4 Å². The van der Waals surface area contributed by atoms with Crippen molar-refractivity contribution in [2.45, 2.75) is 24.7 Å². The fourth-order valence-corrected chi connectivity index (χ4v) is 3.25. The summed E-state index contributed by atoms with van der Waals surface area (Å²) < 4.78 is 26.6. The Kier molecular flexibility index (Phi) is 4.74. The summed E-state index contributed by atoms with van der Waals surface area (Å²) in [5.41, 5.74) is 2.09. The second-order valence-corrected chi connectivity index (χ2v) is 6.47. The van der Waals surface area contributed by atoms with E-state index in [0.29, 0.717) is 13.0 Å². The van der Waals surface area contributed by atoms with Crippen LogP contribution in [-0.4, -0.2) is 30.1 Å². The van der Waals surface area contributed by atoms with Gasteiger partial charge in [-0.15, -0.1) is 0 Å². The zero-order valence-electron chi connectivity index (χ0n) is 10.9. The number of nitrogens with zero attached hydrogens (tertiary/aromatic N) is 2. The molecule has 6 nitrogen and oxygen atoms in total. The van der Waals surface area contributed by atoms with E-state index in [-0.39, 0.29) is 9.92 Å². The first kappa shape index (κ1) is 15.0. The van der Waals surface area contributed by atoms with Gasteiger partial charge in [-0.25, -0.2) is 13.1 Å². The maximum Gasteiger partial charge on any atom is 0.243 e. The van der Waals surface area contributed by atoms with Crippen molar-refractivity contribution in [3.63, 3.8) is 0 Å². The van der Waals surface area contributed by atoms with E-state index in [1.165, 1.54) is 18.5 Å². The highest BCUT2D eigenvalue weighted by Gasteiger charge is 2.17. The van der Waals surface area contributed by atoms with Crippen molar-refractivity contribution in [2.24, 2.45) is 0 Å². The number of H-pyrrole nitrogens is 1. The van der Waals surface area contributed by atoms with Crippen molar-refractivity contribution in [2.75, 3.05) is 6.54 Å². The van der Waals surface area contributed by atoms with Crippen LogP contribution < -0.4 is 4.72 Å². The molecule has 0 saturated heterocycles. The molecule has 0 fully saturated rings. The van der Waals surface area contributed by atoms with E-state index in [2.05, 4.69) is 19.9 Å². The monoisotopic (exact) mass is 314 g/mol. The Morgan fingerprint density at radius 3 is 2.85 bits per heavy atom. The number of rotatable bonds is 6. The molecule has 2 heterocycles. The highest BCUT2D eigenvalue weighted by Crippen LogP contribution is 2.18. The number of aromatic amines is 1. The number of aromatic nitrogens is 3. The summed E-state index contributed by atoms with van der Waals surface area (Å²) in [5, 5.41) is 6.93. The molecule has 2 aromatic heterocycles. The third kappa shape index (κ3) is 3.56. The SMILES string of the molecule is Cc1[nH]ncc1CCCNS(=O)(=O)c1cnccc1Cl. The zero-order valence-corrected chi connectivity index (χ0v) is 12.5. The second-order valence-electron chi connectivity index (χ2n) is 4.33. The van der Waals surface area contributed by atoms with E-state index in [0.717, 1.165) is 17.7 Å². The summed E-state index contributed by atoms with van der Waals surface area (Å²) in [6.07, 6.45) is 5.87. The lowest BCUT2D eigenvalue weighted by Crippen LogP contribution is -2.25. The van der Waals surface area contributed by atoms with Gasteiger partial charge in [0.05, 0.1) is 11.2 Å². The first-order valence-corrected chi connectivity index (χ1v) is 7.95. The van der Waals surface area contributed by atoms with Crippen molar-refractivity contribution < 1.29 is 8.42 Å². The Balaban J connectivity index is 1.91. The molecule has 2 aromatic rings. The predicted octanol–water partition coefficient (Wildman–Crippen LogP) is 1.68. The second kappa shape index (κ2) is 6.34. The molecule has 0 spiro atoms. The lowest BCUT2D eigenvalue weighted by Gasteiger charge is -2.07. The summed E-state index contributed by atoms with van der Waals surface area (Å²) in [6, 6.07) is 1.45. The summed E-state index contributed by atoms with van der Waals surface area (Å²) >= 11 is 5.85. The van der Waals surface area contributed by atoms with Crippen LogP contribution in [-0.2, 0) is 16.4 Å². The average Bonchev–Trinajstić information content (AvgIpc) is 2.81. The summed E-state index contributed by atoms with van der Waals surface area (Å²) in [4.78, 5) is 3.78. The third-order valence-corrected chi connectivity index (χ3v) is 4.80. The van der Waals surface area contributed by atoms with Gasteiger partial charge in [0.15, 0.2) is 0 Å². The molecule has 0 amide bonds. The molecule has 2 N–H and O–H groups in total. The molecule has 0 aliphatic carbocycles. The maximum absolute atomic E-state index is 12.0. The van der Waals surface area contributed by atoms with Crippen LogP contribution in [0.3, 0.4) is 0 Å². The van der Waals surface area contributed by atoms with Crippen molar-refractivity contribution in [1.82, 2.24) is 19.9 Å². The smallest absolute Gasteiger partial charge is 0.243 e. The van der Waals surface area contributed by atoms with Crippen LogP contribution >= 0.6 is 11.6 Å². The highest BCUT2D eigenvalue weighted by atomic mass is 35.5. The number of aryl methyl sites for hydroxylation is 2. The first-order chi connectivity index (χ1) is 9.50. The topological polar surface area (TPSA) is 87.7 Å². The summed E-state index contributed by atoms with van der Waals surface area (Å²) in [6.45, 7) is 2.26. The quantitative estimate of drug-likeness (QED) is 0.794. The Labute approximate surface area is 122 Å². The molecular formula is C12H15ClN4O2S. The largest absolute Gasteiger partial charge is 0.283 e. The number of hydrogen-bond donors (Lipinski definition) is 2. The molecule has 8 heteroatoms. The summed E-state index contributed by atoms with van der Waals surface area (Å²) in [5.74, 6) is 0. The number of nitrogens with one attached hydrogen (secondary N) is 2. The van der Waals surface area contributed by atoms with Crippen LogP contribution in [0.2, 0.25) is 5.02 Å². The Bertz CT molecular complexity index is 684. The van der Waals surface area contributed by atoms with Crippen LogP contribution in [0.5, 0.6) is 0 Å². The van der Waals surface area contributed by atoms with Crippen molar-refractivity contribution in [3.8, 4) is 0 Å². The maximum atomic E-state index is 12.0. The molecular weight excluding hydrogens is 300 g/mol. The lowest BCUT2D eigenvalue weighted by molar-refractivity contribution is 0.578. The molecule has 108 valence electrons. The fourth-order valence-electron chi connectivity index (χ4n) is 1.75. The van der Waals surface area contributed by atoms with Crippen LogP contribution in [0.25, 0.3) is 0 Å². The number of hydrogen-bond acceptors (Lipinski definition) is 4. The Morgan fingerprint density at radius 2 is 2.20 bits per heavy atom. The predicted molar refractivity (Wildman–Crippen MR) is 76.1 cm³/mol. The zero-order chi connectivity index (χ0) is 14.6. The van der Waals surface area contributed by atoms with Gasteiger partial charge in [-0.2, -0.15) is 5.10 Å². The van der Waals surface area contributed by atoms with E-state index >= 15 is 0 Å². The third-order valence-electron chi connectivity index (χ3n) is 2.87. The van der Waals surface area contributed by atoms with Crippen LogP contribution in [0, 0.1) is 6.92 Å². The molecule has 0 radical (unpaired) electrons. The average molecular weight is 315 g/mol. The van der Waals surface area contributed by atoms with Crippen molar-refractivity contribution >= 4 is 21.6 Å². The van der Waals surface area contributed by atoms with Gasteiger partial charge in [0, 0.05) is 24.6 Å². The van der Waals surface area contributed by atoms with E-state index < -0.39 is 10.0 Å². The Morgan fingerprint density at radius 1 is 1.40 bits per heavy atom. The van der Waals surface area contributed by atoms with E-state index in [1.54, 1.807) is 6.20 Å². The van der Waals surface area contributed by atoms with Crippen molar-refractivity contribution in [1.29, 1.82) is 0 Å². The minimum absolute atomic E-state index is 0.00107. The van der Waals surface area contributed by atoms with Gasteiger partial charge in [-0.3, -0.25) is 10.1 Å². The first-order valence-electron chi connectivity index (χ1n) is 6.09. The van der Waals surface area contributed by atoms with Crippen LogP contribution in [0.4, 0.5) is 0 Å². The molecule has 0 saturated carbocycles. The van der Waals surface area contributed by atoms with Crippen molar-refractivity contribution in [3.05, 3.63) is 40.9 Å². The normalized spacial score (nSPS) is 11.7. The molecule has 2 rings (SSSR count). The van der Waals surface area contributed by atoms with Gasteiger partial charge in [0.25, 0.3) is 0 Å². The molecule has 0 atom stereocenters. The molecule has 20 heavy (non-hydrogen) atoms. The molecule has 0 aromatic carbocycles. The standard InChI is InChI=1S/C12H15ClN4O2S/c1-9-10(7-15-17-9)3-2-5-16-20(18,19)12-8-14-6-4-11(12)13/h4,6-8,16H,2-3,5H2,1H3,(H,15,17). The molecule has 0 aliphatic heterocycles. The minimum Gasteiger partial charge on any atom is -0.283 e.